The first-order valence-electron chi connectivity index (χ1n) is 9.66. The molecule has 0 amide bonds. The second kappa shape index (κ2) is 8.57. The minimum Gasteiger partial charge on any atom is -0.363 e. The highest BCUT2D eigenvalue weighted by Gasteiger charge is 2.34. The van der Waals surface area contributed by atoms with Crippen LogP contribution in [0.1, 0.15) is 24.4 Å². The average molecular weight is 492 g/mol. The molecule has 2 aromatic heterocycles. The molecule has 0 bridgehead atoms. The number of benzene rings is 2. The number of alkyl halides is 3. The topological polar surface area (TPSA) is 124 Å². The van der Waals surface area contributed by atoms with Crippen molar-refractivity contribution in [2.75, 3.05) is 5.32 Å². The lowest BCUT2D eigenvalue weighted by Gasteiger charge is -2.17. The van der Waals surface area contributed by atoms with Crippen LogP contribution >= 0.6 is 0 Å². The second-order valence-electron chi connectivity index (χ2n) is 7.35. The van der Waals surface area contributed by atoms with E-state index in [4.69, 9.17) is 5.14 Å². The van der Waals surface area contributed by atoms with Gasteiger partial charge in [-0.1, -0.05) is 12.1 Å². The van der Waals surface area contributed by atoms with Crippen LogP contribution in [0.15, 0.2) is 60.0 Å². The van der Waals surface area contributed by atoms with Crippen molar-refractivity contribution in [1.82, 2.24) is 19.9 Å². The van der Waals surface area contributed by atoms with Gasteiger partial charge in [0.25, 0.3) is 0 Å². The van der Waals surface area contributed by atoms with Crippen molar-refractivity contribution >= 4 is 26.7 Å². The predicted octanol–water partition coefficient (Wildman–Crippen LogP) is 4.07. The molecule has 0 spiro atoms. The lowest BCUT2D eigenvalue weighted by Crippen LogP contribution is -2.15. The first kappa shape index (κ1) is 23.4. The van der Waals surface area contributed by atoms with E-state index >= 15 is 0 Å². The summed E-state index contributed by atoms with van der Waals surface area (Å²) in [6.45, 7) is 1.64. The number of aromatic nitrogens is 4. The van der Waals surface area contributed by atoms with Gasteiger partial charge >= 0.3 is 6.18 Å². The van der Waals surface area contributed by atoms with Crippen molar-refractivity contribution in [3.8, 4) is 11.1 Å². The third-order valence-corrected chi connectivity index (χ3v) is 5.89. The minimum absolute atomic E-state index is 0.0433. The number of halogens is 4. The molecule has 34 heavy (non-hydrogen) atoms. The van der Waals surface area contributed by atoms with Gasteiger partial charge in [-0.3, -0.25) is 0 Å². The van der Waals surface area contributed by atoms with Gasteiger partial charge in [0.2, 0.25) is 15.8 Å². The van der Waals surface area contributed by atoms with E-state index in [0.29, 0.717) is 16.7 Å². The van der Waals surface area contributed by atoms with Gasteiger partial charge in [-0.15, -0.1) is 0 Å². The zero-order valence-electron chi connectivity index (χ0n) is 17.4. The van der Waals surface area contributed by atoms with E-state index in [1.165, 1.54) is 30.3 Å². The van der Waals surface area contributed by atoms with Gasteiger partial charge in [0.05, 0.1) is 11.6 Å². The lowest BCUT2D eigenvalue weighted by molar-refractivity contribution is -0.145. The fourth-order valence-corrected chi connectivity index (χ4v) is 4.00. The van der Waals surface area contributed by atoms with E-state index in [1.807, 2.05) is 0 Å². The number of nitrogens with zero attached hydrogens (tertiary/aromatic N) is 4. The Kier molecular flexibility index (Phi) is 5.91. The SMILES string of the molecule is C[C@@H](Nc1ncnc2c(S(N)(=O)=O)cc(-c3ccc(F)cc3)cc12)c1cnc(C(F)(F)F)nc1. The van der Waals surface area contributed by atoms with Gasteiger partial charge in [-0.05, 0) is 42.3 Å². The van der Waals surface area contributed by atoms with Gasteiger partial charge in [0.15, 0.2) is 0 Å². The maximum atomic E-state index is 13.4. The molecule has 4 aromatic rings. The number of rotatable bonds is 5. The number of fused-ring (bicyclic) bond motifs is 1. The van der Waals surface area contributed by atoms with Crippen LogP contribution in [0.4, 0.5) is 23.4 Å². The first-order chi connectivity index (χ1) is 15.9. The van der Waals surface area contributed by atoms with Crippen LogP contribution in [0.2, 0.25) is 0 Å². The first-order valence-corrected chi connectivity index (χ1v) is 11.2. The molecule has 4 rings (SSSR count). The van der Waals surface area contributed by atoms with Crippen molar-refractivity contribution < 1.29 is 26.0 Å². The molecule has 13 heteroatoms. The monoisotopic (exact) mass is 492 g/mol. The van der Waals surface area contributed by atoms with Crippen LogP contribution in [0, 0.1) is 5.82 Å². The molecule has 0 unspecified atom stereocenters. The number of hydrogen-bond acceptors (Lipinski definition) is 7. The van der Waals surface area contributed by atoms with Gasteiger partial charge in [0.1, 0.15) is 22.9 Å². The summed E-state index contributed by atoms with van der Waals surface area (Å²) in [5.41, 5.74) is 1.31. The summed E-state index contributed by atoms with van der Waals surface area (Å²) in [7, 11) is -4.20. The number of nitrogens with two attached hydrogens (primary N) is 1. The zero-order valence-corrected chi connectivity index (χ0v) is 18.2. The second-order valence-corrected chi connectivity index (χ2v) is 8.88. The van der Waals surface area contributed by atoms with Gasteiger partial charge in [-0.25, -0.2) is 37.9 Å². The highest BCUT2D eigenvalue weighted by atomic mass is 32.2. The number of anilines is 1. The number of sulfonamides is 1. The van der Waals surface area contributed by atoms with E-state index < -0.39 is 33.9 Å². The zero-order chi connectivity index (χ0) is 24.7. The third-order valence-electron chi connectivity index (χ3n) is 4.97. The quantitative estimate of drug-likeness (QED) is 0.403. The molecule has 0 fully saturated rings. The van der Waals surface area contributed by atoms with Crippen LogP contribution in [0.25, 0.3) is 22.0 Å². The number of primary sulfonamides is 1. The fourth-order valence-electron chi connectivity index (χ4n) is 3.27. The summed E-state index contributed by atoms with van der Waals surface area (Å²) in [4.78, 5) is 14.6. The van der Waals surface area contributed by atoms with E-state index in [-0.39, 0.29) is 21.6 Å². The Morgan fingerprint density at radius 1 is 0.971 bits per heavy atom. The highest BCUT2D eigenvalue weighted by Crippen LogP contribution is 2.33. The summed E-state index contributed by atoms with van der Waals surface area (Å²) < 4.78 is 76.1. The molecule has 1 atom stereocenters. The molecule has 3 N–H and O–H groups in total. The standard InChI is InChI=1S/C21H16F4N6O2S/c1-11(14-8-27-20(28-9-14)21(23,24)25)31-19-16-6-13(12-2-4-15(22)5-3-12)7-17(34(26,32)33)18(16)29-10-30-19/h2-11H,1H3,(H2,26,32,33)(H,29,30,31)/t11-/m1/s1. The van der Waals surface area contributed by atoms with Crippen molar-refractivity contribution in [2.24, 2.45) is 5.14 Å². The van der Waals surface area contributed by atoms with Crippen LogP contribution in [-0.4, -0.2) is 28.4 Å². The molecule has 2 aromatic carbocycles. The Balaban J connectivity index is 1.80. The van der Waals surface area contributed by atoms with Crippen LogP contribution in [0.3, 0.4) is 0 Å². The normalized spacial score (nSPS) is 13.1. The maximum Gasteiger partial charge on any atom is 0.451 e. The van der Waals surface area contributed by atoms with Crippen LogP contribution in [0.5, 0.6) is 0 Å². The molecular formula is C21H16F4N6O2S. The summed E-state index contributed by atoms with van der Waals surface area (Å²) >= 11 is 0. The number of hydrogen-bond donors (Lipinski definition) is 2. The molecule has 8 nitrogen and oxygen atoms in total. The predicted molar refractivity (Wildman–Crippen MR) is 115 cm³/mol. The van der Waals surface area contributed by atoms with E-state index in [2.05, 4.69) is 25.3 Å². The number of nitrogens with one attached hydrogen (secondary N) is 1. The third kappa shape index (κ3) is 4.79. The largest absolute Gasteiger partial charge is 0.451 e. The Morgan fingerprint density at radius 2 is 1.62 bits per heavy atom. The fraction of sp³-hybridized carbons (Fsp3) is 0.143. The van der Waals surface area contributed by atoms with E-state index in [9.17, 15) is 26.0 Å². The van der Waals surface area contributed by atoms with Gasteiger partial charge < -0.3 is 5.32 Å². The Morgan fingerprint density at radius 3 is 2.21 bits per heavy atom. The molecule has 0 radical (unpaired) electrons. The molecule has 0 aliphatic rings. The molecule has 2 heterocycles. The summed E-state index contributed by atoms with van der Waals surface area (Å²) in [5.74, 6) is -1.53. The summed E-state index contributed by atoms with van der Waals surface area (Å²) in [5, 5.41) is 8.71. The highest BCUT2D eigenvalue weighted by molar-refractivity contribution is 7.89. The van der Waals surface area contributed by atoms with Crippen molar-refractivity contribution in [3.63, 3.8) is 0 Å². The minimum atomic E-state index is -4.67. The van der Waals surface area contributed by atoms with Crippen LogP contribution < -0.4 is 10.5 Å². The Hall–Kier alpha value is -3.71. The molecule has 0 saturated heterocycles. The molecular weight excluding hydrogens is 476 g/mol. The molecule has 0 aliphatic heterocycles. The molecule has 0 saturated carbocycles. The van der Waals surface area contributed by atoms with Crippen molar-refractivity contribution in [1.29, 1.82) is 0 Å². The van der Waals surface area contributed by atoms with Crippen molar-refractivity contribution in [3.05, 3.63) is 72.3 Å². The average Bonchev–Trinajstić information content (AvgIpc) is 2.78. The maximum absolute atomic E-state index is 13.4. The summed E-state index contributed by atoms with van der Waals surface area (Å²) in [6, 6.07) is 7.73. The van der Waals surface area contributed by atoms with E-state index in [0.717, 1.165) is 18.7 Å². The van der Waals surface area contributed by atoms with E-state index in [1.54, 1.807) is 13.0 Å². The Bertz CT molecular complexity index is 1460. The molecule has 176 valence electrons. The lowest BCUT2D eigenvalue weighted by atomic mass is 10.0. The Labute approximate surface area is 191 Å². The van der Waals surface area contributed by atoms with Gasteiger partial charge in [0, 0.05) is 23.3 Å². The molecule has 0 aliphatic carbocycles. The van der Waals surface area contributed by atoms with Gasteiger partial charge in [-0.2, -0.15) is 13.2 Å². The van der Waals surface area contributed by atoms with Crippen molar-refractivity contribution in [2.45, 2.75) is 24.0 Å². The smallest absolute Gasteiger partial charge is 0.363 e. The van der Waals surface area contributed by atoms with Crippen LogP contribution in [-0.2, 0) is 16.2 Å². The summed E-state index contributed by atoms with van der Waals surface area (Å²) in [6.07, 6.45) is -1.46.